The average Bonchev–Trinajstić information content (AvgIpc) is 2.77. The van der Waals surface area contributed by atoms with E-state index in [1.54, 1.807) is 24.4 Å². The summed E-state index contributed by atoms with van der Waals surface area (Å²) in [6.07, 6.45) is 3.45. The van der Waals surface area contributed by atoms with Gasteiger partial charge >= 0.3 is 0 Å². The molecule has 1 aromatic heterocycles. The Labute approximate surface area is 163 Å². The van der Waals surface area contributed by atoms with Gasteiger partial charge in [-0.05, 0) is 40.6 Å². The molecule has 0 atom stereocenters. The van der Waals surface area contributed by atoms with Gasteiger partial charge in [0.2, 0.25) is 0 Å². The van der Waals surface area contributed by atoms with E-state index >= 15 is 0 Å². The maximum Gasteiger partial charge on any atom is 0.260 e. The highest BCUT2D eigenvalue weighted by Crippen LogP contribution is 2.32. The summed E-state index contributed by atoms with van der Waals surface area (Å²) in [4.78, 5) is 18.2. The van der Waals surface area contributed by atoms with E-state index in [-0.39, 0.29) is 12.5 Å². The summed E-state index contributed by atoms with van der Waals surface area (Å²) in [6.45, 7) is 2.45. The van der Waals surface area contributed by atoms with Gasteiger partial charge in [0.1, 0.15) is 11.5 Å². The minimum atomic E-state index is -0.0151. The first-order valence-electron chi connectivity index (χ1n) is 9.25. The molecule has 1 aliphatic heterocycles. The fraction of sp³-hybridized carbons (Fsp3) is 0.273. The van der Waals surface area contributed by atoms with Crippen LogP contribution in [0.15, 0.2) is 54.9 Å². The number of pyridine rings is 1. The van der Waals surface area contributed by atoms with Crippen LogP contribution in [0.3, 0.4) is 0 Å². The van der Waals surface area contributed by atoms with E-state index in [0.717, 1.165) is 27.6 Å². The Bertz CT molecular complexity index is 983. The quantitative estimate of drug-likeness (QED) is 0.683. The van der Waals surface area contributed by atoms with Gasteiger partial charge in [0.25, 0.3) is 5.91 Å². The van der Waals surface area contributed by atoms with Crippen molar-refractivity contribution in [1.29, 1.82) is 0 Å². The van der Waals surface area contributed by atoms with Gasteiger partial charge in [0.15, 0.2) is 6.61 Å². The van der Waals surface area contributed by atoms with Crippen LogP contribution in [0.4, 0.5) is 0 Å². The minimum Gasteiger partial charge on any atom is -0.494 e. The lowest BCUT2D eigenvalue weighted by molar-refractivity contribution is -0.137. The highest BCUT2D eigenvalue weighted by molar-refractivity contribution is 5.89. The van der Waals surface area contributed by atoms with Gasteiger partial charge in [-0.3, -0.25) is 9.78 Å². The fourth-order valence-electron chi connectivity index (χ4n) is 3.31. The van der Waals surface area contributed by atoms with Crippen molar-refractivity contribution in [3.05, 3.63) is 54.9 Å². The van der Waals surface area contributed by atoms with Crippen LogP contribution < -0.4 is 9.47 Å². The SMILES string of the molecule is COc1cnccc1-c1ccc2ccc(OCC(=O)N3CCOCC3)cc2c1. The average molecular weight is 378 g/mol. The number of fused-ring (bicyclic) bond motifs is 1. The van der Waals surface area contributed by atoms with Gasteiger partial charge < -0.3 is 19.1 Å². The summed E-state index contributed by atoms with van der Waals surface area (Å²) in [5, 5.41) is 2.14. The standard InChI is InChI=1S/C22H22N2O4/c1-26-21-14-23-7-6-20(21)17-3-2-16-4-5-19(13-18(16)12-17)28-15-22(25)24-8-10-27-11-9-24/h2-7,12-14H,8-11,15H2,1H3. The van der Waals surface area contributed by atoms with E-state index in [2.05, 4.69) is 23.2 Å². The number of nitrogens with zero attached hydrogens (tertiary/aromatic N) is 2. The second kappa shape index (κ2) is 8.27. The lowest BCUT2D eigenvalue weighted by atomic mass is 10.0. The second-order valence-electron chi connectivity index (χ2n) is 6.58. The van der Waals surface area contributed by atoms with Crippen molar-refractivity contribution in [3.63, 3.8) is 0 Å². The maximum absolute atomic E-state index is 12.3. The van der Waals surface area contributed by atoms with Crippen LogP contribution in [-0.4, -0.2) is 55.8 Å². The number of carbonyl (C=O) groups excluding carboxylic acids is 1. The molecule has 144 valence electrons. The van der Waals surface area contributed by atoms with Crippen LogP contribution in [0, 0.1) is 0 Å². The second-order valence-corrected chi connectivity index (χ2v) is 6.58. The van der Waals surface area contributed by atoms with Crippen molar-refractivity contribution in [2.24, 2.45) is 0 Å². The Balaban J connectivity index is 1.53. The number of carbonyl (C=O) groups is 1. The molecule has 0 aliphatic carbocycles. The molecule has 2 aromatic carbocycles. The number of amides is 1. The van der Waals surface area contributed by atoms with Gasteiger partial charge in [-0.1, -0.05) is 18.2 Å². The van der Waals surface area contributed by atoms with E-state index in [0.29, 0.717) is 32.1 Å². The lowest BCUT2D eigenvalue weighted by Crippen LogP contribution is -2.42. The predicted molar refractivity (Wildman–Crippen MR) is 107 cm³/mol. The molecule has 1 fully saturated rings. The summed E-state index contributed by atoms with van der Waals surface area (Å²) >= 11 is 0. The number of rotatable bonds is 5. The van der Waals surface area contributed by atoms with Crippen LogP contribution in [0.1, 0.15) is 0 Å². The van der Waals surface area contributed by atoms with Crippen molar-refractivity contribution in [2.45, 2.75) is 0 Å². The van der Waals surface area contributed by atoms with Gasteiger partial charge in [0.05, 0.1) is 26.5 Å². The molecule has 4 rings (SSSR count). The van der Waals surface area contributed by atoms with Crippen LogP contribution >= 0.6 is 0 Å². The molecule has 6 nitrogen and oxygen atoms in total. The van der Waals surface area contributed by atoms with Crippen LogP contribution in [0.2, 0.25) is 0 Å². The number of methoxy groups -OCH3 is 1. The molecule has 6 heteroatoms. The highest BCUT2D eigenvalue weighted by atomic mass is 16.5. The van der Waals surface area contributed by atoms with Crippen molar-refractivity contribution in [1.82, 2.24) is 9.88 Å². The number of aromatic nitrogens is 1. The molecular weight excluding hydrogens is 356 g/mol. The fourth-order valence-corrected chi connectivity index (χ4v) is 3.31. The lowest BCUT2D eigenvalue weighted by Gasteiger charge is -2.26. The summed E-state index contributed by atoms with van der Waals surface area (Å²) in [5.74, 6) is 1.39. The van der Waals surface area contributed by atoms with E-state index < -0.39 is 0 Å². The molecule has 0 N–H and O–H groups in total. The zero-order valence-electron chi connectivity index (χ0n) is 15.8. The maximum atomic E-state index is 12.3. The van der Waals surface area contributed by atoms with Gasteiger partial charge in [-0.25, -0.2) is 0 Å². The van der Waals surface area contributed by atoms with Crippen molar-refractivity contribution < 1.29 is 19.0 Å². The first-order valence-corrected chi connectivity index (χ1v) is 9.25. The predicted octanol–water partition coefficient (Wildman–Crippen LogP) is 3.15. The zero-order valence-corrected chi connectivity index (χ0v) is 15.8. The third kappa shape index (κ3) is 3.92. The van der Waals surface area contributed by atoms with E-state index in [4.69, 9.17) is 14.2 Å². The van der Waals surface area contributed by atoms with E-state index in [1.165, 1.54) is 0 Å². The van der Waals surface area contributed by atoms with Crippen LogP contribution in [0.25, 0.3) is 21.9 Å². The summed E-state index contributed by atoms with van der Waals surface area (Å²) in [7, 11) is 1.64. The molecule has 0 bridgehead atoms. The Morgan fingerprint density at radius 1 is 1.11 bits per heavy atom. The first kappa shape index (κ1) is 18.3. The number of ether oxygens (including phenoxy) is 3. The first-order chi connectivity index (χ1) is 13.7. The molecule has 2 heterocycles. The Morgan fingerprint density at radius 3 is 2.75 bits per heavy atom. The topological polar surface area (TPSA) is 60.9 Å². The van der Waals surface area contributed by atoms with E-state index in [9.17, 15) is 4.79 Å². The van der Waals surface area contributed by atoms with Gasteiger partial charge in [-0.2, -0.15) is 0 Å². The molecule has 0 radical (unpaired) electrons. The third-order valence-electron chi connectivity index (χ3n) is 4.85. The normalized spacial score (nSPS) is 14.1. The molecule has 1 saturated heterocycles. The number of benzene rings is 2. The smallest absolute Gasteiger partial charge is 0.260 e. The number of hydrogen-bond acceptors (Lipinski definition) is 5. The summed E-state index contributed by atoms with van der Waals surface area (Å²) in [5.41, 5.74) is 2.02. The van der Waals surface area contributed by atoms with Crippen LogP contribution in [0.5, 0.6) is 11.5 Å². The van der Waals surface area contributed by atoms with Crippen LogP contribution in [-0.2, 0) is 9.53 Å². The largest absolute Gasteiger partial charge is 0.494 e. The van der Waals surface area contributed by atoms with Crippen molar-refractivity contribution >= 4 is 16.7 Å². The monoisotopic (exact) mass is 378 g/mol. The molecule has 0 unspecified atom stereocenters. The molecule has 0 saturated carbocycles. The molecule has 0 spiro atoms. The Kier molecular flexibility index (Phi) is 5.39. The molecular formula is C22H22N2O4. The third-order valence-corrected chi connectivity index (χ3v) is 4.85. The Hall–Kier alpha value is -3.12. The Morgan fingerprint density at radius 2 is 1.93 bits per heavy atom. The van der Waals surface area contributed by atoms with E-state index in [1.807, 2.05) is 24.3 Å². The van der Waals surface area contributed by atoms with Crippen molar-refractivity contribution in [3.8, 4) is 22.6 Å². The number of hydrogen-bond donors (Lipinski definition) is 0. The molecule has 1 aliphatic rings. The van der Waals surface area contributed by atoms with Crippen molar-refractivity contribution in [2.75, 3.05) is 40.0 Å². The molecule has 3 aromatic rings. The zero-order chi connectivity index (χ0) is 19.3. The summed E-state index contributed by atoms with van der Waals surface area (Å²) in [6, 6.07) is 14.0. The summed E-state index contributed by atoms with van der Waals surface area (Å²) < 4.78 is 16.5. The van der Waals surface area contributed by atoms with Gasteiger partial charge in [0, 0.05) is 24.8 Å². The molecule has 1 amide bonds. The molecule has 28 heavy (non-hydrogen) atoms. The number of morpholine rings is 1. The minimum absolute atomic E-state index is 0.0151. The van der Waals surface area contributed by atoms with Gasteiger partial charge in [-0.15, -0.1) is 0 Å². The highest BCUT2D eigenvalue weighted by Gasteiger charge is 2.17.